The molecule has 0 radical (unpaired) electrons. The van der Waals surface area contributed by atoms with E-state index in [1.165, 1.54) is 0 Å². The van der Waals surface area contributed by atoms with Gasteiger partial charge in [0.1, 0.15) is 24.3 Å². The second kappa shape index (κ2) is 19.2. The van der Waals surface area contributed by atoms with Gasteiger partial charge in [-0.3, -0.25) is 4.79 Å². The van der Waals surface area contributed by atoms with Crippen molar-refractivity contribution in [2.75, 3.05) is 18.1 Å². The van der Waals surface area contributed by atoms with Crippen molar-refractivity contribution in [1.29, 1.82) is 0 Å². The standard InChI is InChI=1S/C34H40F5N3O4S/c1-2-23-10-6-11-25(14-23)19-40-20-31(43)29(17-26-15-27(35)18-28(36)16-26)41-32(44)30(22-47-13-7-12-34(37,38)39)42-33(45)46-21-24-8-4-3-5-9-24/h3-6,8-11,14-16,18,29-31,40,43H,2,7,12-13,17,19-22H2,1H3,(H,41,44)(H,42,45)/t29-,30+,31+/m0/s1. The normalized spacial score (nSPS) is 13.4. The molecule has 3 atom stereocenters. The zero-order valence-electron chi connectivity index (χ0n) is 26.0. The van der Waals surface area contributed by atoms with Crippen molar-refractivity contribution in [2.45, 2.75) is 70.1 Å². The summed E-state index contributed by atoms with van der Waals surface area (Å²) in [5.74, 6) is -2.43. The quantitative estimate of drug-likeness (QED) is 0.0961. The van der Waals surface area contributed by atoms with Crippen molar-refractivity contribution in [2.24, 2.45) is 0 Å². The monoisotopic (exact) mass is 681 g/mol. The number of aliphatic hydroxyl groups excluding tert-OH is 1. The van der Waals surface area contributed by atoms with Crippen molar-refractivity contribution in [3.05, 3.63) is 107 Å². The number of halogens is 5. The fraction of sp³-hybridized carbons (Fsp3) is 0.412. The molecule has 0 bridgehead atoms. The molecule has 256 valence electrons. The number of aliphatic hydroxyl groups is 1. The van der Waals surface area contributed by atoms with Crippen LogP contribution >= 0.6 is 11.8 Å². The summed E-state index contributed by atoms with van der Waals surface area (Å²) in [6.45, 7) is 2.36. The number of alkyl halides is 3. The highest BCUT2D eigenvalue weighted by Gasteiger charge is 2.29. The van der Waals surface area contributed by atoms with Crippen LogP contribution in [0.5, 0.6) is 0 Å². The lowest BCUT2D eigenvalue weighted by molar-refractivity contribution is -0.134. The Bertz CT molecular complexity index is 1390. The molecule has 0 saturated heterocycles. The van der Waals surface area contributed by atoms with Crippen LogP contribution in [0.1, 0.15) is 42.0 Å². The number of carbonyl (C=O) groups is 2. The lowest BCUT2D eigenvalue weighted by Gasteiger charge is -2.27. The Labute approximate surface area is 275 Å². The summed E-state index contributed by atoms with van der Waals surface area (Å²) in [6.07, 6.45) is -6.95. The number of nitrogens with one attached hydrogen (secondary N) is 3. The van der Waals surface area contributed by atoms with Gasteiger partial charge in [-0.1, -0.05) is 61.5 Å². The first-order valence-corrected chi connectivity index (χ1v) is 16.4. The summed E-state index contributed by atoms with van der Waals surface area (Å²) >= 11 is 1.04. The summed E-state index contributed by atoms with van der Waals surface area (Å²) in [4.78, 5) is 26.2. The van der Waals surface area contributed by atoms with Crippen LogP contribution in [-0.2, 0) is 35.5 Å². The Morgan fingerprint density at radius 3 is 2.26 bits per heavy atom. The van der Waals surface area contributed by atoms with Crippen molar-refractivity contribution in [3.8, 4) is 0 Å². The molecule has 0 saturated carbocycles. The van der Waals surface area contributed by atoms with Crippen LogP contribution in [0.15, 0.2) is 72.8 Å². The zero-order valence-corrected chi connectivity index (χ0v) is 26.8. The van der Waals surface area contributed by atoms with Crippen LogP contribution in [0, 0.1) is 11.6 Å². The maximum Gasteiger partial charge on any atom is 0.408 e. The lowest BCUT2D eigenvalue weighted by atomic mass is 10.00. The van der Waals surface area contributed by atoms with E-state index in [9.17, 15) is 36.6 Å². The first kappa shape index (κ1) is 37.8. The topological polar surface area (TPSA) is 99.7 Å². The Hall–Kier alpha value is -3.68. The van der Waals surface area contributed by atoms with E-state index in [2.05, 4.69) is 16.0 Å². The molecule has 4 N–H and O–H groups in total. The van der Waals surface area contributed by atoms with E-state index in [-0.39, 0.29) is 43.1 Å². The van der Waals surface area contributed by atoms with Gasteiger partial charge in [-0.25, -0.2) is 13.6 Å². The van der Waals surface area contributed by atoms with Gasteiger partial charge in [0.15, 0.2) is 0 Å². The van der Waals surface area contributed by atoms with Crippen molar-refractivity contribution in [1.82, 2.24) is 16.0 Å². The molecule has 7 nitrogen and oxygen atoms in total. The zero-order chi connectivity index (χ0) is 34.2. The van der Waals surface area contributed by atoms with E-state index in [4.69, 9.17) is 4.74 Å². The first-order valence-electron chi connectivity index (χ1n) is 15.3. The number of aryl methyl sites for hydroxylation is 1. The van der Waals surface area contributed by atoms with E-state index in [0.717, 1.165) is 41.4 Å². The Balaban J connectivity index is 1.71. The molecule has 13 heteroatoms. The minimum Gasteiger partial charge on any atom is -0.445 e. The lowest BCUT2D eigenvalue weighted by Crippen LogP contribution is -2.55. The molecule has 47 heavy (non-hydrogen) atoms. The fourth-order valence-corrected chi connectivity index (χ4v) is 5.67. The average Bonchev–Trinajstić information content (AvgIpc) is 3.02. The number of ether oxygens (including phenoxy) is 1. The SMILES string of the molecule is CCc1cccc(CNC[C@@H](O)[C@H](Cc2cc(F)cc(F)c2)NC(=O)[C@@H](CSCCCC(F)(F)F)NC(=O)OCc2ccccc2)c1. The Morgan fingerprint density at radius 1 is 0.894 bits per heavy atom. The Morgan fingerprint density at radius 2 is 1.57 bits per heavy atom. The van der Waals surface area contributed by atoms with Gasteiger partial charge in [0.2, 0.25) is 5.91 Å². The minimum absolute atomic E-state index is 0.00248. The molecule has 0 aliphatic heterocycles. The summed E-state index contributed by atoms with van der Waals surface area (Å²) in [6, 6.07) is 17.2. The molecule has 0 fully saturated rings. The summed E-state index contributed by atoms with van der Waals surface area (Å²) in [5.41, 5.74) is 2.99. The van der Waals surface area contributed by atoms with Gasteiger partial charge in [0.05, 0.1) is 12.1 Å². The van der Waals surface area contributed by atoms with Gasteiger partial charge in [-0.2, -0.15) is 24.9 Å². The van der Waals surface area contributed by atoms with Crippen LogP contribution in [0.3, 0.4) is 0 Å². The van der Waals surface area contributed by atoms with E-state index in [1.54, 1.807) is 30.3 Å². The molecular weight excluding hydrogens is 641 g/mol. The van der Waals surface area contributed by atoms with E-state index >= 15 is 0 Å². The highest BCUT2D eigenvalue weighted by atomic mass is 32.2. The number of hydrogen-bond donors (Lipinski definition) is 4. The molecule has 0 unspecified atom stereocenters. The van der Waals surface area contributed by atoms with Crippen LogP contribution in [0.25, 0.3) is 0 Å². The molecule has 3 aromatic rings. The third-order valence-corrected chi connectivity index (χ3v) is 8.25. The maximum atomic E-state index is 14.0. The van der Waals surface area contributed by atoms with Crippen LogP contribution in [0.2, 0.25) is 0 Å². The maximum absolute atomic E-state index is 14.0. The van der Waals surface area contributed by atoms with Gasteiger partial charge >= 0.3 is 12.3 Å². The van der Waals surface area contributed by atoms with Crippen molar-refractivity contribution >= 4 is 23.8 Å². The van der Waals surface area contributed by atoms with E-state index < -0.39 is 54.4 Å². The second-order valence-corrected chi connectivity index (χ2v) is 12.2. The minimum atomic E-state index is -4.32. The van der Waals surface area contributed by atoms with Gasteiger partial charge < -0.3 is 25.8 Å². The molecule has 0 heterocycles. The third-order valence-electron chi connectivity index (χ3n) is 7.11. The summed E-state index contributed by atoms with van der Waals surface area (Å²) < 4.78 is 71.1. The first-order chi connectivity index (χ1) is 22.4. The number of carbonyl (C=O) groups excluding carboxylic acids is 2. The van der Waals surface area contributed by atoms with Gasteiger partial charge in [-0.15, -0.1) is 0 Å². The van der Waals surface area contributed by atoms with Crippen LogP contribution in [-0.4, -0.2) is 59.5 Å². The number of alkyl carbamates (subject to hydrolysis) is 1. The Kier molecular flexibility index (Phi) is 15.4. The summed E-state index contributed by atoms with van der Waals surface area (Å²) in [5, 5.41) is 19.4. The largest absolute Gasteiger partial charge is 0.445 e. The second-order valence-electron chi connectivity index (χ2n) is 11.0. The molecule has 2 amide bonds. The van der Waals surface area contributed by atoms with E-state index in [0.29, 0.717) is 18.2 Å². The van der Waals surface area contributed by atoms with Gasteiger partial charge in [-0.05, 0) is 59.4 Å². The number of rotatable bonds is 18. The van der Waals surface area contributed by atoms with Gasteiger partial charge in [0.25, 0.3) is 0 Å². The van der Waals surface area contributed by atoms with Crippen molar-refractivity contribution < 1.29 is 41.4 Å². The number of hydrogen-bond acceptors (Lipinski definition) is 6. The smallest absolute Gasteiger partial charge is 0.408 e. The van der Waals surface area contributed by atoms with Crippen LogP contribution < -0.4 is 16.0 Å². The van der Waals surface area contributed by atoms with Gasteiger partial charge in [0, 0.05) is 31.3 Å². The summed E-state index contributed by atoms with van der Waals surface area (Å²) in [7, 11) is 0. The molecule has 0 aliphatic rings. The average molecular weight is 682 g/mol. The number of thioether (sulfide) groups is 1. The molecule has 0 aromatic heterocycles. The highest BCUT2D eigenvalue weighted by Crippen LogP contribution is 2.23. The molecule has 0 aliphatic carbocycles. The number of amides is 2. The molecular formula is C34H40F5N3O4S. The third kappa shape index (κ3) is 14.7. The molecule has 0 spiro atoms. The van der Waals surface area contributed by atoms with Crippen molar-refractivity contribution in [3.63, 3.8) is 0 Å². The fourth-order valence-electron chi connectivity index (χ4n) is 4.68. The predicted octanol–water partition coefficient (Wildman–Crippen LogP) is 6.08. The number of benzene rings is 3. The molecule has 3 aromatic carbocycles. The predicted molar refractivity (Wildman–Crippen MR) is 172 cm³/mol. The highest BCUT2D eigenvalue weighted by molar-refractivity contribution is 7.99. The van der Waals surface area contributed by atoms with Crippen LogP contribution in [0.4, 0.5) is 26.7 Å². The molecule has 3 rings (SSSR count). The van der Waals surface area contributed by atoms with E-state index in [1.807, 2.05) is 31.2 Å².